The molecule has 3 aromatic rings. The van der Waals surface area contributed by atoms with E-state index in [1.807, 2.05) is 0 Å². The number of benzene rings is 1. The predicted molar refractivity (Wildman–Crippen MR) is 116 cm³/mol. The Morgan fingerprint density at radius 1 is 1.12 bits per heavy atom. The third-order valence-electron chi connectivity index (χ3n) is 6.45. The molecule has 172 valence electrons. The Labute approximate surface area is 193 Å². The first-order valence-electron chi connectivity index (χ1n) is 11.0. The van der Waals surface area contributed by atoms with Gasteiger partial charge in [-0.05, 0) is 36.6 Å². The summed E-state index contributed by atoms with van der Waals surface area (Å²) in [5, 5.41) is 14.7. The van der Waals surface area contributed by atoms with Gasteiger partial charge in [-0.15, -0.1) is 5.10 Å². The molecule has 0 spiro atoms. The molecule has 12 heteroatoms. The van der Waals surface area contributed by atoms with Crippen molar-refractivity contribution in [2.75, 3.05) is 11.4 Å². The number of nitrogens with one attached hydrogen (secondary N) is 1. The fourth-order valence-electron chi connectivity index (χ4n) is 4.76. The summed E-state index contributed by atoms with van der Waals surface area (Å²) < 4.78 is 3.28. The van der Waals surface area contributed by atoms with Crippen LogP contribution in [0, 0.1) is 0 Å². The number of aromatic nitrogens is 5. The Balaban J connectivity index is 1.23. The molecule has 0 aliphatic carbocycles. The summed E-state index contributed by atoms with van der Waals surface area (Å²) in [5.41, 5.74) is 2.10. The molecule has 2 aromatic heterocycles. The number of carbonyl (C=O) groups is 4. The number of aryl methyl sites for hydroxylation is 1. The zero-order chi connectivity index (χ0) is 23.4. The lowest BCUT2D eigenvalue weighted by Crippen LogP contribution is -2.52. The van der Waals surface area contributed by atoms with Crippen molar-refractivity contribution in [3.05, 3.63) is 53.5 Å². The lowest BCUT2D eigenvalue weighted by atomic mass is 10.0. The van der Waals surface area contributed by atoms with Gasteiger partial charge in [-0.1, -0.05) is 5.21 Å². The van der Waals surface area contributed by atoms with Crippen molar-refractivity contribution in [1.29, 1.82) is 0 Å². The lowest BCUT2D eigenvalue weighted by molar-refractivity contribution is -0.136. The number of imide groups is 1. The summed E-state index contributed by atoms with van der Waals surface area (Å²) in [5.74, 6) is -0.537. The largest absolute Gasteiger partial charge is 0.322 e. The van der Waals surface area contributed by atoms with Gasteiger partial charge in [-0.3, -0.25) is 29.4 Å². The zero-order valence-electron chi connectivity index (χ0n) is 18.0. The molecule has 3 aliphatic rings. The van der Waals surface area contributed by atoms with E-state index in [0.717, 1.165) is 24.3 Å². The van der Waals surface area contributed by atoms with Crippen LogP contribution in [0.2, 0.25) is 0 Å². The summed E-state index contributed by atoms with van der Waals surface area (Å²) >= 11 is 0. The van der Waals surface area contributed by atoms with Gasteiger partial charge in [0.05, 0.1) is 18.1 Å². The molecule has 1 fully saturated rings. The van der Waals surface area contributed by atoms with Crippen molar-refractivity contribution >= 4 is 29.4 Å². The average Bonchev–Trinajstić information content (AvgIpc) is 3.57. The van der Waals surface area contributed by atoms with Crippen LogP contribution in [-0.4, -0.2) is 65.9 Å². The highest BCUT2D eigenvalue weighted by Gasteiger charge is 2.39. The van der Waals surface area contributed by atoms with Gasteiger partial charge in [0.1, 0.15) is 11.9 Å². The van der Waals surface area contributed by atoms with E-state index >= 15 is 0 Å². The number of fused-ring (bicyclic) bond motifs is 2. The molecule has 1 saturated heterocycles. The van der Waals surface area contributed by atoms with Crippen LogP contribution in [0.25, 0.3) is 5.69 Å². The van der Waals surface area contributed by atoms with Crippen LogP contribution in [0.4, 0.5) is 5.82 Å². The van der Waals surface area contributed by atoms with Gasteiger partial charge < -0.3 is 4.90 Å². The van der Waals surface area contributed by atoms with Crippen molar-refractivity contribution in [3.8, 4) is 5.69 Å². The first kappa shape index (κ1) is 20.3. The molecular weight excluding hydrogens is 440 g/mol. The minimum absolute atomic E-state index is 0.204. The number of carbonyl (C=O) groups excluding carboxylic acids is 4. The van der Waals surface area contributed by atoms with Gasteiger partial charge in [0, 0.05) is 37.7 Å². The highest BCUT2D eigenvalue weighted by Crippen LogP contribution is 2.29. The van der Waals surface area contributed by atoms with Crippen LogP contribution in [0.3, 0.4) is 0 Å². The second-order valence-electron chi connectivity index (χ2n) is 8.51. The van der Waals surface area contributed by atoms with E-state index in [9.17, 15) is 19.2 Å². The Morgan fingerprint density at radius 2 is 2.00 bits per heavy atom. The van der Waals surface area contributed by atoms with Gasteiger partial charge in [0.15, 0.2) is 5.69 Å². The van der Waals surface area contributed by atoms with E-state index < -0.39 is 11.9 Å². The zero-order valence-corrected chi connectivity index (χ0v) is 18.0. The van der Waals surface area contributed by atoms with E-state index in [1.165, 1.54) is 9.58 Å². The topological polar surface area (TPSA) is 135 Å². The summed E-state index contributed by atoms with van der Waals surface area (Å²) in [4.78, 5) is 52.8. The molecule has 12 nitrogen and oxygen atoms in total. The van der Waals surface area contributed by atoms with Crippen molar-refractivity contribution < 1.29 is 19.2 Å². The summed E-state index contributed by atoms with van der Waals surface area (Å²) in [7, 11) is 0. The third kappa shape index (κ3) is 3.17. The summed E-state index contributed by atoms with van der Waals surface area (Å²) in [6, 6.07) is 6.34. The smallest absolute Gasteiger partial charge is 0.281 e. The second-order valence-corrected chi connectivity index (χ2v) is 8.51. The maximum Gasteiger partial charge on any atom is 0.281 e. The van der Waals surface area contributed by atoms with Crippen LogP contribution in [-0.2, 0) is 22.7 Å². The molecule has 1 N–H and O–H groups in total. The minimum Gasteiger partial charge on any atom is -0.322 e. The molecule has 6 rings (SSSR count). The van der Waals surface area contributed by atoms with Crippen LogP contribution < -0.4 is 10.2 Å². The Kier molecular flexibility index (Phi) is 4.54. The van der Waals surface area contributed by atoms with E-state index in [1.54, 1.807) is 46.2 Å². The first-order chi connectivity index (χ1) is 16.5. The summed E-state index contributed by atoms with van der Waals surface area (Å²) in [6.45, 7) is 1.60. The predicted octanol–water partition coefficient (Wildman–Crippen LogP) is 0.275. The van der Waals surface area contributed by atoms with E-state index in [0.29, 0.717) is 24.2 Å². The Bertz CT molecular complexity index is 1360. The Hall–Kier alpha value is -4.35. The van der Waals surface area contributed by atoms with Crippen LogP contribution in [0.5, 0.6) is 0 Å². The lowest BCUT2D eigenvalue weighted by Gasteiger charge is -2.29. The number of piperidine rings is 1. The first-order valence-corrected chi connectivity index (χ1v) is 11.0. The molecule has 5 heterocycles. The summed E-state index contributed by atoms with van der Waals surface area (Å²) in [6.07, 6.45) is 4.55. The molecule has 34 heavy (non-hydrogen) atoms. The van der Waals surface area contributed by atoms with Crippen molar-refractivity contribution in [3.63, 3.8) is 0 Å². The van der Waals surface area contributed by atoms with Crippen LogP contribution >= 0.6 is 0 Å². The van der Waals surface area contributed by atoms with Crippen molar-refractivity contribution in [2.45, 2.75) is 38.4 Å². The van der Waals surface area contributed by atoms with E-state index in [2.05, 4.69) is 20.7 Å². The van der Waals surface area contributed by atoms with Crippen molar-refractivity contribution in [2.24, 2.45) is 0 Å². The quantitative estimate of drug-likeness (QED) is 0.555. The van der Waals surface area contributed by atoms with Crippen LogP contribution in [0.1, 0.15) is 45.7 Å². The van der Waals surface area contributed by atoms with E-state index in [4.69, 9.17) is 0 Å². The third-order valence-corrected chi connectivity index (χ3v) is 6.45. The number of anilines is 1. The van der Waals surface area contributed by atoms with E-state index in [-0.39, 0.29) is 36.4 Å². The molecule has 1 atom stereocenters. The van der Waals surface area contributed by atoms with Crippen molar-refractivity contribution in [1.82, 2.24) is 35.0 Å². The maximum atomic E-state index is 13.1. The van der Waals surface area contributed by atoms with Gasteiger partial charge in [-0.2, -0.15) is 5.10 Å². The SMILES string of the molecule is O=C1CCC(N2Cc3cc(-n4cc(C(=O)N5CCCn6nccc65)nn4)ccc3C2=O)C(=O)N1. The number of rotatable bonds is 3. The average molecular weight is 460 g/mol. The number of hydrogen-bond donors (Lipinski definition) is 1. The Morgan fingerprint density at radius 3 is 2.85 bits per heavy atom. The highest BCUT2D eigenvalue weighted by molar-refractivity contribution is 6.06. The fraction of sp³-hybridized carbons (Fsp3) is 0.318. The highest BCUT2D eigenvalue weighted by atomic mass is 16.2. The number of nitrogens with zero attached hydrogens (tertiary/aromatic N) is 7. The molecule has 4 amide bonds. The second kappa shape index (κ2) is 7.61. The number of amides is 4. The number of hydrogen-bond acceptors (Lipinski definition) is 7. The molecule has 0 bridgehead atoms. The van der Waals surface area contributed by atoms with Gasteiger partial charge in [0.2, 0.25) is 11.8 Å². The van der Waals surface area contributed by atoms with Gasteiger partial charge >= 0.3 is 0 Å². The normalized spacial score (nSPS) is 19.8. The van der Waals surface area contributed by atoms with Crippen LogP contribution in [0.15, 0.2) is 36.7 Å². The molecular formula is C22H20N8O4. The molecule has 1 unspecified atom stereocenters. The maximum absolute atomic E-state index is 13.1. The van der Waals surface area contributed by atoms with Gasteiger partial charge in [0.25, 0.3) is 11.8 Å². The standard InChI is InChI=1S/C22H20N8O4/c31-18-5-4-17(20(32)24-18)28-11-13-10-14(2-3-15(13)21(28)33)30-12-16(25-26-30)22(34)27-8-1-9-29-19(27)6-7-23-29/h2-3,6-7,10,12,17H,1,4-5,8-9,11H2,(H,24,31,32). The molecule has 0 radical (unpaired) electrons. The minimum atomic E-state index is -0.672. The molecule has 1 aromatic carbocycles. The van der Waals surface area contributed by atoms with Gasteiger partial charge in [-0.25, -0.2) is 9.36 Å². The molecule has 3 aliphatic heterocycles. The molecule has 0 saturated carbocycles. The monoisotopic (exact) mass is 460 g/mol. The fourth-order valence-corrected chi connectivity index (χ4v) is 4.76.